The molecule has 0 aliphatic heterocycles. The van der Waals surface area contributed by atoms with Crippen molar-refractivity contribution in [2.24, 2.45) is 0 Å². The first-order chi connectivity index (χ1) is 9.54. The van der Waals surface area contributed by atoms with E-state index >= 15 is 0 Å². The lowest BCUT2D eigenvalue weighted by Gasteiger charge is -1.95. The summed E-state index contributed by atoms with van der Waals surface area (Å²) in [5.41, 5.74) is 1.06. The molecule has 20 heavy (non-hydrogen) atoms. The number of nitrogens with zero attached hydrogens (tertiary/aromatic N) is 1. The highest BCUT2D eigenvalue weighted by atomic mass is 16.4. The minimum absolute atomic E-state index is 0.0186. The zero-order valence-electron chi connectivity index (χ0n) is 10.8. The Hall–Kier alpha value is -2.89. The number of carbonyl (C=O) groups is 2. The SMILES string of the molecule is CNc1ccncc1.O=C(O)c1cccc(C(=O)O)c1. The van der Waals surface area contributed by atoms with Crippen LogP contribution in [0.2, 0.25) is 0 Å². The van der Waals surface area contributed by atoms with Crippen LogP contribution in [0.25, 0.3) is 0 Å². The summed E-state index contributed by atoms with van der Waals surface area (Å²) in [6.07, 6.45) is 3.51. The van der Waals surface area contributed by atoms with Crippen LogP contribution in [0, 0.1) is 0 Å². The molecule has 3 N–H and O–H groups in total. The number of carboxylic acids is 2. The van der Waals surface area contributed by atoms with Crippen molar-refractivity contribution in [1.29, 1.82) is 0 Å². The molecule has 0 aliphatic carbocycles. The third kappa shape index (κ3) is 4.77. The molecule has 0 fully saturated rings. The number of aromatic carboxylic acids is 2. The van der Waals surface area contributed by atoms with Gasteiger partial charge in [0.2, 0.25) is 0 Å². The Morgan fingerprint density at radius 3 is 1.85 bits per heavy atom. The van der Waals surface area contributed by atoms with Gasteiger partial charge in [-0.15, -0.1) is 0 Å². The summed E-state index contributed by atoms with van der Waals surface area (Å²) in [6, 6.07) is 9.03. The highest BCUT2D eigenvalue weighted by Gasteiger charge is 2.06. The highest BCUT2D eigenvalue weighted by Crippen LogP contribution is 2.04. The van der Waals surface area contributed by atoms with Crippen molar-refractivity contribution in [1.82, 2.24) is 4.98 Å². The van der Waals surface area contributed by atoms with Crippen molar-refractivity contribution in [3.05, 3.63) is 59.9 Å². The Bertz CT molecular complexity index is 555. The molecule has 1 aromatic heterocycles. The van der Waals surface area contributed by atoms with Crippen molar-refractivity contribution in [2.45, 2.75) is 0 Å². The molecule has 6 nitrogen and oxygen atoms in total. The predicted octanol–water partition coefficient (Wildman–Crippen LogP) is 2.21. The van der Waals surface area contributed by atoms with E-state index < -0.39 is 11.9 Å². The molecule has 0 unspecified atom stereocenters. The van der Waals surface area contributed by atoms with E-state index in [1.807, 2.05) is 19.2 Å². The molecule has 0 spiro atoms. The Balaban J connectivity index is 0.000000217. The number of anilines is 1. The number of pyridine rings is 1. The summed E-state index contributed by atoms with van der Waals surface area (Å²) >= 11 is 0. The Kier molecular flexibility index (Phi) is 5.71. The quantitative estimate of drug-likeness (QED) is 0.793. The van der Waals surface area contributed by atoms with Crippen LogP contribution in [0.4, 0.5) is 5.69 Å². The van der Waals surface area contributed by atoms with Gasteiger partial charge >= 0.3 is 11.9 Å². The molecule has 0 radical (unpaired) electrons. The molecule has 0 aliphatic rings. The monoisotopic (exact) mass is 274 g/mol. The number of nitrogens with one attached hydrogen (secondary N) is 1. The zero-order chi connectivity index (χ0) is 15.0. The molecular formula is C14H14N2O4. The van der Waals surface area contributed by atoms with Crippen LogP contribution in [0.15, 0.2) is 48.8 Å². The van der Waals surface area contributed by atoms with Crippen LogP contribution in [0.1, 0.15) is 20.7 Å². The van der Waals surface area contributed by atoms with Gasteiger partial charge in [-0.2, -0.15) is 0 Å². The van der Waals surface area contributed by atoms with Gasteiger partial charge in [0.25, 0.3) is 0 Å². The summed E-state index contributed by atoms with van der Waals surface area (Å²) < 4.78 is 0. The normalized spacial score (nSPS) is 9.05. The maximum atomic E-state index is 10.4. The Morgan fingerprint density at radius 1 is 1.00 bits per heavy atom. The van der Waals surface area contributed by atoms with Gasteiger partial charge in [-0.3, -0.25) is 4.98 Å². The smallest absolute Gasteiger partial charge is 0.335 e. The third-order valence-electron chi connectivity index (χ3n) is 2.33. The largest absolute Gasteiger partial charge is 0.478 e. The van der Waals surface area contributed by atoms with Crippen LogP contribution in [-0.4, -0.2) is 34.2 Å². The lowest BCUT2D eigenvalue weighted by atomic mass is 10.1. The second-order valence-corrected chi connectivity index (χ2v) is 3.68. The van der Waals surface area contributed by atoms with Crippen LogP contribution in [-0.2, 0) is 0 Å². The fourth-order valence-electron chi connectivity index (χ4n) is 1.30. The van der Waals surface area contributed by atoms with Gasteiger partial charge < -0.3 is 15.5 Å². The molecule has 2 rings (SSSR count). The number of benzene rings is 1. The predicted molar refractivity (Wildman–Crippen MR) is 74.1 cm³/mol. The fraction of sp³-hybridized carbons (Fsp3) is 0.0714. The number of hydrogen-bond donors (Lipinski definition) is 3. The second kappa shape index (κ2) is 7.52. The summed E-state index contributed by atoms with van der Waals surface area (Å²) in [7, 11) is 1.88. The number of carboxylic acid groups (broad SMARTS) is 2. The van der Waals surface area contributed by atoms with E-state index in [4.69, 9.17) is 10.2 Å². The maximum absolute atomic E-state index is 10.4. The van der Waals surface area contributed by atoms with Crippen molar-refractivity contribution < 1.29 is 19.8 Å². The summed E-state index contributed by atoms with van der Waals surface area (Å²) in [4.78, 5) is 24.6. The first kappa shape index (κ1) is 15.2. The molecule has 0 amide bonds. The van der Waals surface area contributed by atoms with E-state index in [0.717, 1.165) is 11.8 Å². The van der Waals surface area contributed by atoms with Crippen LogP contribution >= 0.6 is 0 Å². The lowest BCUT2D eigenvalue weighted by Crippen LogP contribution is -2.01. The van der Waals surface area contributed by atoms with E-state index in [1.54, 1.807) is 12.4 Å². The summed E-state index contributed by atoms with van der Waals surface area (Å²) in [5.74, 6) is -2.25. The van der Waals surface area contributed by atoms with Gasteiger partial charge in [-0.1, -0.05) is 6.07 Å². The van der Waals surface area contributed by atoms with Gasteiger partial charge in [-0.05, 0) is 30.3 Å². The summed E-state index contributed by atoms with van der Waals surface area (Å²) in [6.45, 7) is 0. The number of hydrogen-bond acceptors (Lipinski definition) is 4. The maximum Gasteiger partial charge on any atom is 0.335 e. The Labute approximate surface area is 115 Å². The molecule has 1 heterocycles. The van der Waals surface area contributed by atoms with Crippen molar-refractivity contribution in [2.75, 3.05) is 12.4 Å². The zero-order valence-corrected chi connectivity index (χ0v) is 10.8. The molecule has 2 aromatic rings. The average molecular weight is 274 g/mol. The van der Waals surface area contributed by atoms with Gasteiger partial charge in [0.15, 0.2) is 0 Å². The van der Waals surface area contributed by atoms with E-state index in [1.165, 1.54) is 18.2 Å². The molecule has 0 saturated carbocycles. The summed E-state index contributed by atoms with van der Waals surface area (Å²) in [5, 5.41) is 20.0. The first-order valence-electron chi connectivity index (χ1n) is 5.69. The minimum Gasteiger partial charge on any atom is -0.478 e. The number of aromatic nitrogens is 1. The highest BCUT2D eigenvalue weighted by molar-refractivity contribution is 5.93. The Morgan fingerprint density at radius 2 is 1.50 bits per heavy atom. The number of rotatable bonds is 3. The molecule has 0 saturated heterocycles. The van der Waals surface area contributed by atoms with Crippen molar-refractivity contribution in [3.63, 3.8) is 0 Å². The minimum atomic E-state index is -1.13. The van der Waals surface area contributed by atoms with Gasteiger partial charge in [0.1, 0.15) is 0 Å². The van der Waals surface area contributed by atoms with Gasteiger partial charge in [0, 0.05) is 25.1 Å². The van der Waals surface area contributed by atoms with E-state index in [9.17, 15) is 9.59 Å². The molecule has 0 atom stereocenters. The standard InChI is InChI=1S/C8H6O4.C6H8N2/c9-7(10)5-2-1-3-6(4-5)8(11)12;1-7-6-2-4-8-5-3-6/h1-4H,(H,9,10)(H,11,12);2-5H,1H3,(H,7,8). The topological polar surface area (TPSA) is 99.5 Å². The van der Waals surface area contributed by atoms with Crippen molar-refractivity contribution >= 4 is 17.6 Å². The molecular weight excluding hydrogens is 260 g/mol. The van der Waals surface area contributed by atoms with E-state index in [0.29, 0.717) is 0 Å². The average Bonchev–Trinajstić information content (AvgIpc) is 2.49. The second-order valence-electron chi connectivity index (χ2n) is 3.68. The lowest BCUT2D eigenvalue weighted by molar-refractivity contribution is 0.0696. The molecule has 6 heteroatoms. The molecule has 0 bridgehead atoms. The molecule has 104 valence electrons. The van der Waals surface area contributed by atoms with Crippen molar-refractivity contribution in [3.8, 4) is 0 Å². The van der Waals surface area contributed by atoms with Crippen LogP contribution in [0.3, 0.4) is 0 Å². The third-order valence-corrected chi connectivity index (χ3v) is 2.33. The van der Waals surface area contributed by atoms with Crippen LogP contribution in [0.5, 0.6) is 0 Å². The van der Waals surface area contributed by atoms with Gasteiger partial charge in [-0.25, -0.2) is 9.59 Å². The first-order valence-corrected chi connectivity index (χ1v) is 5.69. The fourth-order valence-corrected chi connectivity index (χ4v) is 1.30. The molecule has 1 aromatic carbocycles. The van der Waals surface area contributed by atoms with E-state index in [2.05, 4.69) is 10.3 Å². The van der Waals surface area contributed by atoms with Gasteiger partial charge in [0.05, 0.1) is 11.1 Å². The van der Waals surface area contributed by atoms with E-state index in [-0.39, 0.29) is 11.1 Å². The van der Waals surface area contributed by atoms with Crippen LogP contribution < -0.4 is 5.32 Å².